The molecule has 0 aliphatic carbocycles. The van der Waals surface area contributed by atoms with Crippen LogP contribution in [0.15, 0.2) is 4.79 Å². The highest BCUT2D eigenvalue weighted by Gasteiger charge is 2.07. The van der Waals surface area contributed by atoms with Crippen molar-refractivity contribution in [3.63, 3.8) is 0 Å². The molecule has 1 rings (SSSR count). The SMILES string of the molecule is CCc1nc(CCN(C)C)[nH]c(=O)c1I. The molecule has 1 heterocycles. The highest BCUT2D eigenvalue weighted by atomic mass is 127. The van der Waals surface area contributed by atoms with Crippen molar-refractivity contribution in [2.45, 2.75) is 19.8 Å². The van der Waals surface area contributed by atoms with Gasteiger partial charge < -0.3 is 9.88 Å². The van der Waals surface area contributed by atoms with Crippen LogP contribution in [0.2, 0.25) is 0 Å². The number of aromatic amines is 1. The molecule has 84 valence electrons. The molecule has 0 amide bonds. The molecule has 0 bridgehead atoms. The molecule has 1 aromatic rings. The summed E-state index contributed by atoms with van der Waals surface area (Å²) in [6.45, 7) is 2.91. The Labute approximate surface area is 103 Å². The first kappa shape index (κ1) is 12.6. The minimum absolute atomic E-state index is 0.0174. The van der Waals surface area contributed by atoms with Gasteiger partial charge in [-0.2, -0.15) is 0 Å². The molecule has 0 spiro atoms. The molecule has 0 atom stereocenters. The Hall–Kier alpha value is -0.430. The highest BCUT2D eigenvalue weighted by molar-refractivity contribution is 14.1. The van der Waals surface area contributed by atoms with Crippen molar-refractivity contribution in [2.75, 3.05) is 20.6 Å². The van der Waals surface area contributed by atoms with Gasteiger partial charge in [-0.05, 0) is 43.1 Å². The van der Waals surface area contributed by atoms with Crippen LogP contribution in [0.1, 0.15) is 18.4 Å². The third kappa shape index (κ3) is 3.57. The lowest BCUT2D eigenvalue weighted by molar-refractivity contribution is 0.409. The van der Waals surface area contributed by atoms with Crippen LogP contribution >= 0.6 is 22.6 Å². The van der Waals surface area contributed by atoms with Gasteiger partial charge in [-0.3, -0.25) is 4.79 Å². The predicted octanol–water partition coefficient (Wildman–Crippen LogP) is 1.04. The minimum Gasteiger partial charge on any atom is -0.310 e. The Morgan fingerprint density at radius 1 is 1.47 bits per heavy atom. The zero-order valence-corrected chi connectivity index (χ0v) is 11.5. The number of aromatic nitrogens is 2. The molecule has 0 saturated heterocycles. The van der Waals surface area contributed by atoms with E-state index in [-0.39, 0.29) is 5.56 Å². The molecular formula is C10H16IN3O. The Morgan fingerprint density at radius 3 is 2.67 bits per heavy atom. The van der Waals surface area contributed by atoms with E-state index >= 15 is 0 Å². The Bertz CT molecular complexity index is 387. The number of nitrogens with zero attached hydrogens (tertiary/aromatic N) is 2. The van der Waals surface area contributed by atoms with E-state index in [1.54, 1.807) is 0 Å². The van der Waals surface area contributed by atoms with Crippen molar-refractivity contribution in [3.8, 4) is 0 Å². The molecule has 0 aliphatic rings. The van der Waals surface area contributed by atoms with Gasteiger partial charge in [0.15, 0.2) is 0 Å². The van der Waals surface area contributed by atoms with Crippen molar-refractivity contribution in [3.05, 3.63) is 25.4 Å². The van der Waals surface area contributed by atoms with E-state index in [2.05, 4.69) is 14.9 Å². The average molecular weight is 321 g/mol. The summed E-state index contributed by atoms with van der Waals surface area (Å²) in [5.41, 5.74) is 0.879. The first-order valence-electron chi connectivity index (χ1n) is 4.97. The van der Waals surface area contributed by atoms with Crippen LogP contribution in [0.5, 0.6) is 0 Å². The van der Waals surface area contributed by atoms with E-state index < -0.39 is 0 Å². The van der Waals surface area contributed by atoms with E-state index in [9.17, 15) is 4.79 Å². The minimum atomic E-state index is -0.0174. The summed E-state index contributed by atoms with van der Waals surface area (Å²) in [4.78, 5) is 20.9. The molecule has 15 heavy (non-hydrogen) atoms. The van der Waals surface area contributed by atoms with Crippen molar-refractivity contribution < 1.29 is 0 Å². The van der Waals surface area contributed by atoms with E-state index in [1.807, 2.05) is 43.6 Å². The molecule has 0 fully saturated rings. The van der Waals surface area contributed by atoms with Gasteiger partial charge in [0.05, 0.1) is 9.26 Å². The summed E-state index contributed by atoms with van der Waals surface area (Å²) >= 11 is 2.05. The number of hydrogen-bond acceptors (Lipinski definition) is 3. The first-order chi connectivity index (χ1) is 7.04. The van der Waals surface area contributed by atoms with Gasteiger partial charge in [0.25, 0.3) is 5.56 Å². The Balaban J connectivity index is 2.91. The predicted molar refractivity (Wildman–Crippen MR) is 69.2 cm³/mol. The van der Waals surface area contributed by atoms with Crippen LogP contribution in [0.4, 0.5) is 0 Å². The molecule has 4 nitrogen and oxygen atoms in total. The van der Waals surface area contributed by atoms with Crippen LogP contribution < -0.4 is 5.56 Å². The summed E-state index contributed by atoms with van der Waals surface area (Å²) in [6.07, 6.45) is 1.59. The topological polar surface area (TPSA) is 49.0 Å². The standard InChI is InChI=1S/C10H16IN3O/c1-4-7-9(11)10(15)13-8(12-7)5-6-14(2)3/h4-6H2,1-3H3,(H,12,13,15). The average Bonchev–Trinajstić information content (AvgIpc) is 2.19. The molecule has 0 aliphatic heterocycles. The van der Waals surface area contributed by atoms with Crippen molar-refractivity contribution in [2.24, 2.45) is 0 Å². The normalized spacial score (nSPS) is 11.0. The van der Waals surface area contributed by atoms with Gasteiger partial charge in [0.1, 0.15) is 5.82 Å². The summed E-state index contributed by atoms with van der Waals surface area (Å²) in [5.74, 6) is 0.783. The zero-order chi connectivity index (χ0) is 11.4. The number of halogens is 1. The van der Waals surface area contributed by atoms with Crippen LogP contribution in [-0.4, -0.2) is 35.5 Å². The fourth-order valence-electron chi connectivity index (χ4n) is 1.24. The quantitative estimate of drug-likeness (QED) is 0.843. The third-order valence-electron chi connectivity index (χ3n) is 2.11. The van der Waals surface area contributed by atoms with E-state index in [4.69, 9.17) is 0 Å². The summed E-state index contributed by atoms with van der Waals surface area (Å²) in [5, 5.41) is 0. The maximum absolute atomic E-state index is 11.5. The Kier molecular flexibility index (Phi) is 4.72. The second kappa shape index (κ2) is 5.60. The van der Waals surface area contributed by atoms with Gasteiger partial charge >= 0.3 is 0 Å². The summed E-state index contributed by atoms with van der Waals surface area (Å²) in [6, 6.07) is 0. The van der Waals surface area contributed by atoms with Gasteiger partial charge in [-0.1, -0.05) is 6.92 Å². The number of rotatable bonds is 4. The fourth-order valence-corrected chi connectivity index (χ4v) is 1.88. The maximum Gasteiger partial charge on any atom is 0.264 e. The van der Waals surface area contributed by atoms with Gasteiger partial charge in [0, 0.05) is 13.0 Å². The molecule has 0 unspecified atom stereocenters. The largest absolute Gasteiger partial charge is 0.310 e. The number of nitrogens with one attached hydrogen (secondary N) is 1. The van der Waals surface area contributed by atoms with E-state index in [0.717, 1.165) is 30.9 Å². The molecule has 0 aromatic carbocycles. The Morgan fingerprint density at radius 2 is 2.13 bits per heavy atom. The number of likely N-dealkylation sites (N-methyl/N-ethyl adjacent to an activating group) is 1. The molecule has 5 heteroatoms. The van der Waals surface area contributed by atoms with Gasteiger partial charge in [0.2, 0.25) is 0 Å². The van der Waals surface area contributed by atoms with Gasteiger partial charge in [-0.25, -0.2) is 4.98 Å². The fraction of sp³-hybridized carbons (Fsp3) is 0.600. The third-order valence-corrected chi connectivity index (χ3v) is 3.22. The highest BCUT2D eigenvalue weighted by Crippen LogP contribution is 2.05. The van der Waals surface area contributed by atoms with E-state index in [1.165, 1.54) is 0 Å². The number of aryl methyl sites for hydroxylation is 1. The second-order valence-electron chi connectivity index (χ2n) is 3.68. The monoisotopic (exact) mass is 321 g/mol. The molecule has 1 N–H and O–H groups in total. The lowest BCUT2D eigenvalue weighted by Crippen LogP contribution is -2.22. The summed E-state index contributed by atoms with van der Waals surface area (Å²) < 4.78 is 0.712. The lowest BCUT2D eigenvalue weighted by Gasteiger charge is -2.09. The van der Waals surface area contributed by atoms with Crippen molar-refractivity contribution in [1.82, 2.24) is 14.9 Å². The van der Waals surface area contributed by atoms with Crippen LogP contribution in [0.3, 0.4) is 0 Å². The molecular weight excluding hydrogens is 305 g/mol. The van der Waals surface area contributed by atoms with Gasteiger partial charge in [-0.15, -0.1) is 0 Å². The zero-order valence-electron chi connectivity index (χ0n) is 9.30. The van der Waals surface area contributed by atoms with Crippen molar-refractivity contribution >= 4 is 22.6 Å². The maximum atomic E-state index is 11.5. The van der Waals surface area contributed by atoms with Crippen molar-refractivity contribution in [1.29, 1.82) is 0 Å². The second-order valence-corrected chi connectivity index (χ2v) is 4.76. The van der Waals surface area contributed by atoms with E-state index in [0.29, 0.717) is 3.57 Å². The van der Waals surface area contributed by atoms with Crippen LogP contribution in [0, 0.1) is 3.57 Å². The van der Waals surface area contributed by atoms with Crippen LogP contribution in [0.25, 0.3) is 0 Å². The molecule has 0 radical (unpaired) electrons. The van der Waals surface area contributed by atoms with Crippen LogP contribution in [-0.2, 0) is 12.8 Å². The molecule has 1 aromatic heterocycles. The number of hydrogen-bond donors (Lipinski definition) is 1. The number of H-pyrrole nitrogens is 1. The molecule has 0 saturated carbocycles. The lowest BCUT2D eigenvalue weighted by atomic mass is 10.3. The first-order valence-corrected chi connectivity index (χ1v) is 6.04. The summed E-state index contributed by atoms with van der Waals surface area (Å²) in [7, 11) is 4.01. The smallest absolute Gasteiger partial charge is 0.264 e.